The van der Waals surface area contributed by atoms with Crippen LogP contribution in [0.2, 0.25) is 0 Å². The average Bonchev–Trinajstić information content (AvgIpc) is 3.02. The van der Waals surface area contributed by atoms with Gasteiger partial charge < -0.3 is 15.1 Å². The highest BCUT2D eigenvalue weighted by atomic mass is 16.6. The maximum atomic E-state index is 11.3. The van der Waals surface area contributed by atoms with Crippen molar-refractivity contribution in [3.63, 3.8) is 0 Å². The molecule has 1 aliphatic heterocycles. The molecule has 2 heterocycles. The zero-order valence-electron chi connectivity index (χ0n) is 10.4. The first kappa shape index (κ1) is 12.2. The van der Waals surface area contributed by atoms with Crippen molar-refractivity contribution < 1.29 is 14.1 Å². The van der Waals surface area contributed by atoms with E-state index in [9.17, 15) is 14.9 Å². The Hall–Kier alpha value is -2.83. The molecule has 0 spiro atoms. The topological polar surface area (TPSA) is 97.4 Å². The molecule has 0 unspecified atom stereocenters. The number of hydrogen-bond donors (Lipinski definition) is 2. The SMILES string of the molecule is O=C1Cc2cc([N+](=O)[O-])c(NCc3ccoc3)cc2N1. The van der Waals surface area contributed by atoms with E-state index in [0.717, 1.165) is 5.56 Å². The van der Waals surface area contributed by atoms with Gasteiger partial charge in [0.25, 0.3) is 5.69 Å². The normalized spacial score (nSPS) is 12.9. The Morgan fingerprint density at radius 1 is 1.45 bits per heavy atom. The summed E-state index contributed by atoms with van der Waals surface area (Å²) in [5, 5.41) is 16.8. The number of nitro benzene ring substituents is 1. The van der Waals surface area contributed by atoms with Gasteiger partial charge in [0.1, 0.15) is 5.69 Å². The Morgan fingerprint density at radius 3 is 3.00 bits per heavy atom. The van der Waals surface area contributed by atoms with E-state index in [1.54, 1.807) is 18.4 Å². The standard InChI is InChI=1S/C13H11N3O4/c17-13-4-9-3-12(16(18)19)11(5-10(9)15-13)14-6-8-1-2-20-7-8/h1-3,5,7,14H,4,6H2,(H,15,17). The maximum absolute atomic E-state index is 11.3. The monoisotopic (exact) mass is 273 g/mol. The molecule has 3 rings (SSSR count). The van der Waals surface area contributed by atoms with E-state index in [1.165, 1.54) is 12.3 Å². The molecule has 0 fully saturated rings. The molecule has 0 aliphatic carbocycles. The molecule has 7 nitrogen and oxygen atoms in total. The fraction of sp³-hybridized carbons (Fsp3) is 0.154. The van der Waals surface area contributed by atoms with E-state index >= 15 is 0 Å². The number of anilines is 2. The van der Waals surface area contributed by atoms with Crippen LogP contribution in [0.4, 0.5) is 17.1 Å². The molecule has 7 heteroatoms. The molecule has 0 bridgehead atoms. The van der Waals surface area contributed by atoms with Crippen LogP contribution >= 0.6 is 0 Å². The van der Waals surface area contributed by atoms with Crippen LogP contribution in [0.1, 0.15) is 11.1 Å². The first-order valence-corrected chi connectivity index (χ1v) is 5.99. The summed E-state index contributed by atoms with van der Waals surface area (Å²) in [5.41, 5.74) is 2.48. The molecular weight excluding hydrogens is 262 g/mol. The van der Waals surface area contributed by atoms with Gasteiger partial charge in [-0.15, -0.1) is 0 Å². The van der Waals surface area contributed by atoms with Gasteiger partial charge in [-0.25, -0.2) is 0 Å². The number of carbonyl (C=O) groups is 1. The lowest BCUT2D eigenvalue weighted by molar-refractivity contribution is -0.384. The molecule has 20 heavy (non-hydrogen) atoms. The zero-order valence-corrected chi connectivity index (χ0v) is 10.4. The van der Waals surface area contributed by atoms with Crippen LogP contribution in [-0.4, -0.2) is 10.8 Å². The van der Waals surface area contributed by atoms with Gasteiger partial charge in [-0.3, -0.25) is 14.9 Å². The lowest BCUT2D eigenvalue weighted by atomic mass is 10.1. The second-order valence-corrected chi connectivity index (χ2v) is 4.49. The fourth-order valence-electron chi connectivity index (χ4n) is 2.14. The molecule has 102 valence electrons. The second-order valence-electron chi connectivity index (χ2n) is 4.49. The molecule has 0 saturated heterocycles. The molecule has 1 amide bonds. The van der Waals surface area contributed by atoms with Gasteiger partial charge in [0.15, 0.2) is 0 Å². The first-order chi connectivity index (χ1) is 9.63. The third kappa shape index (κ3) is 2.20. The highest BCUT2D eigenvalue weighted by molar-refractivity contribution is 6.00. The fourth-order valence-corrected chi connectivity index (χ4v) is 2.14. The van der Waals surface area contributed by atoms with E-state index in [4.69, 9.17) is 4.42 Å². The largest absolute Gasteiger partial charge is 0.472 e. The number of nitro groups is 1. The maximum Gasteiger partial charge on any atom is 0.292 e. The van der Waals surface area contributed by atoms with Gasteiger partial charge in [-0.05, 0) is 17.7 Å². The molecule has 2 aromatic rings. The summed E-state index contributed by atoms with van der Waals surface area (Å²) in [6, 6.07) is 4.80. The third-order valence-electron chi connectivity index (χ3n) is 3.11. The Kier molecular flexibility index (Phi) is 2.86. The summed E-state index contributed by atoms with van der Waals surface area (Å²) < 4.78 is 4.94. The molecule has 1 aromatic carbocycles. The number of furan rings is 1. The van der Waals surface area contributed by atoms with Crippen LogP contribution in [0.25, 0.3) is 0 Å². The van der Waals surface area contributed by atoms with Crippen LogP contribution in [0.3, 0.4) is 0 Å². The summed E-state index contributed by atoms with van der Waals surface area (Å²) in [7, 11) is 0. The Morgan fingerprint density at radius 2 is 2.30 bits per heavy atom. The number of fused-ring (bicyclic) bond motifs is 1. The number of carbonyl (C=O) groups excluding carboxylic acids is 1. The van der Waals surface area contributed by atoms with Crippen molar-refractivity contribution >= 4 is 23.0 Å². The predicted molar refractivity (Wildman–Crippen MR) is 71.5 cm³/mol. The van der Waals surface area contributed by atoms with Crippen molar-refractivity contribution in [1.29, 1.82) is 0 Å². The van der Waals surface area contributed by atoms with E-state index < -0.39 is 4.92 Å². The average molecular weight is 273 g/mol. The minimum absolute atomic E-state index is 0.0382. The third-order valence-corrected chi connectivity index (χ3v) is 3.11. The van der Waals surface area contributed by atoms with Gasteiger partial charge >= 0.3 is 0 Å². The zero-order chi connectivity index (χ0) is 14.1. The van der Waals surface area contributed by atoms with Gasteiger partial charge in [-0.2, -0.15) is 0 Å². The van der Waals surface area contributed by atoms with Gasteiger partial charge in [0.2, 0.25) is 5.91 Å². The van der Waals surface area contributed by atoms with Crippen molar-refractivity contribution in [2.45, 2.75) is 13.0 Å². The van der Waals surface area contributed by atoms with Gasteiger partial charge in [0.05, 0.1) is 23.9 Å². The molecule has 0 saturated carbocycles. The first-order valence-electron chi connectivity index (χ1n) is 5.99. The van der Waals surface area contributed by atoms with Crippen molar-refractivity contribution in [2.24, 2.45) is 0 Å². The van der Waals surface area contributed by atoms with E-state index in [0.29, 0.717) is 23.5 Å². The Balaban J connectivity index is 1.90. The summed E-state index contributed by atoms with van der Waals surface area (Å²) in [6.45, 7) is 0.407. The predicted octanol–water partition coefficient (Wildman–Crippen LogP) is 2.29. The van der Waals surface area contributed by atoms with Crippen molar-refractivity contribution in [3.8, 4) is 0 Å². The number of nitrogens with zero attached hydrogens (tertiary/aromatic N) is 1. The van der Waals surface area contributed by atoms with Crippen LogP contribution < -0.4 is 10.6 Å². The van der Waals surface area contributed by atoms with Crippen LogP contribution in [0.15, 0.2) is 35.1 Å². The lowest BCUT2D eigenvalue weighted by Gasteiger charge is -2.08. The minimum atomic E-state index is -0.458. The smallest absolute Gasteiger partial charge is 0.292 e. The number of benzene rings is 1. The second kappa shape index (κ2) is 4.69. The van der Waals surface area contributed by atoms with Crippen LogP contribution in [0, 0.1) is 10.1 Å². The van der Waals surface area contributed by atoms with E-state index in [-0.39, 0.29) is 18.0 Å². The number of hydrogen-bond acceptors (Lipinski definition) is 5. The van der Waals surface area contributed by atoms with Gasteiger partial charge in [-0.1, -0.05) is 0 Å². The van der Waals surface area contributed by atoms with Crippen LogP contribution in [-0.2, 0) is 17.8 Å². The summed E-state index contributed by atoms with van der Waals surface area (Å²) in [6.07, 6.45) is 3.28. The van der Waals surface area contributed by atoms with Crippen molar-refractivity contribution in [3.05, 3.63) is 52.0 Å². The quantitative estimate of drug-likeness (QED) is 0.658. The molecule has 1 aromatic heterocycles. The van der Waals surface area contributed by atoms with E-state index in [2.05, 4.69) is 10.6 Å². The molecule has 1 aliphatic rings. The van der Waals surface area contributed by atoms with Crippen molar-refractivity contribution in [2.75, 3.05) is 10.6 Å². The van der Waals surface area contributed by atoms with Crippen LogP contribution in [0.5, 0.6) is 0 Å². The molecular formula is C13H11N3O4. The Bertz CT molecular complexity index is 679. The van der Waals surface area contributed by atoms with Gasteiger partial charge in [0, 0.05) is 23.9 Å². The molecule has 0 radical (unpaired) electrons. The summed E-state index contributed by atoms with van der Waals surface area (Å²) in [4.78, 5) is 22.0. The number of amides is 1. The highest BCUT2D eigenvalue weighted by Gasteiger charge is 2.24. The highest BCUT2D eigenvalue weighted by Crippen LogP contribution is 2.34. The lowest BCUT2D eigenvalue weighted by Crippen LogP contribution is -2.04. The summed E-state index contributed by atoms with van der Waals surface area (Å²) in [5.74, 6) is -0.152. The molecule has 0 atom stereocenters. The summed E-state index contributed by atoms with van der Waals surface area (Å²) >= 11 is 0. The van der Waals surface area contributed by atoms with Crippen molar-refractivity contribution in [1.82, 2.24) is 0 Å². The minimum Gasteiger partial charge on any atom is -0.472 e. The number of nitrogens with one attached hydrogen (secondary N) is 2. The molecule has 2 N–H and O–H groups in total. The number of rotatable bonds is 4. The van der Waals surface area contributed by atoms with E-state index in [1.807, 2.05) is 0 Å². The Labute approximate surface area is 113 Å².